The Morgan fingerprint density at radius 2 is 1.96 bits per heavy atom. The summed E-state index contributed by atoms with van der Waals surface area (Å²) in [6, 6.07) is 6.13. The maximum absolute atomic E-state index is 12.3. The third-order valence-corrected chi connectivity index (χ3v) is 5.70. The SMILES string of the molecule is CC(C)CCNS(=O)(=O)c1cccc(C(=O)NCCN2CCOCC2)c1. The van der Waals surface area contributed by atoms with Crippen molar-refractivity contribution in [2.75, 3.05) is 45.9 Å². The van der Waals surface area contributed by atoms with E-state index in [-0.39, 0.29) is 10.8 Å². The van der Waals surface area contributed by atoms with E-state index in [9.17, 15) is 13.2 Å². The highest BCUT2D eigenvalue weighted by Crippen LogP contribution is 2.12. The van der Waals surface area contributed by atoms with Crippen LogP contribution in [0.4, 0.5) is 0 Å². The summed E-state index contributed by atoms with van der Waals surface area (Å²) in [4.78, 5) is 14.6. The van der Waals surface area contributed by atoms with E-state index in [1.165, 1.54) is 12.1 Å². The van der Waals surface area contributed by atoms with Gasteiger partial charge in [-0.3, -0.25) is 9.69 Å². The van der Waals surface area contributed by atoms with Gasteiger partial charge in [-0.1, -0.05) is 19.9 Å². The predicted octanol–water partition coefficient (Wildman–Crippen LogP) is 1.07. The molecule has 0 aromatic heterocycles. The lowest BCUT2D eigenvalue weighted by atomic mass is 10.1. The van der Waals surface area contributed by atoms with Gasteiger partial charge in [-0.15, -0.1) is 0 Å². The number of sulfonamides is 1. The van der Waals surface area contributed by atoms with E-state index < -0.39 is 10.0 Å². The normalized spacial score (nSPS) is 16.0. The molecule has 1 fully saturated rings. The van der Waals surface area contributed by atoms with E-state index in [2.05, 4.69) is 14.9 Å². The smallest absolute Gasteiger partial charge is 0.251 e. The summed E-state index contributed by atoms with van der Waals surface area (Å²) in [7, 11) is -3.60. The van der Waals surface area contributed by atoms with Crippen LogP contribution in [0.3, 0.4) is 0 Å². The molecule has 0 aliphatic carbocycles. The average Bonchev–Trinajstić information content (AvgIpc) is 2.62. The predicted molar refractivity (Wildman–Crippen MR) is 101 cm³/mol. The van der Waals surface area contributed by atoms with Crippen LogP contribution >= 0.6 is 0 Å². The molecule has 0 bridgehead atoms. The van der Waals surface area contributed by atoms with Crippen molar-refractivity contribution >= 4 is 15.9 Å². The Hall–Kier alpha value is -1.48. The van der Waals surface area contributed by atoms with Crippen LogP contribution in [0.25, 0.3) is 0 Å². The summed E-state index contributed by atoms with van der Waals surface area (Å²) >= 11 is 0. The molecule has 1 amide bonds. The van der Waals surface area contributed by atoms with E-state index in [1.807, 2.05) is 13.8 Å². The Kier molecular flexibility index (Phi) is 8.02. The average molecular weight is 384 g/mol. The number of hydrogen-bond donors (Lipinski definition) is 2. The second-order valence-electron chi connectivity index (χ2n) is 6.82. The molecular formula is C18H29N3O4S. The Balaban J connectivity index is 1.89. The van der Waals surface area contributed by atoms with Gasteiger partial charge >= 0.3 is 0 Å². The van der Waals surface area contributed by atoms with Crippen molar-refractivity contribution in [1.82, 2.24) is 14.9 Å². The van der Waals surface area contributed by atoms with E-state index in [4.69, 9.17) is 4.74 Å². The number of hydrogen-bond acceptors (Lipinski definition) is 5. The monoisotopic (exact) mass is 383 g/mol. The van der Waals surface area contributed by atoms with E-state index in [0.717, 1.165) is 39.3 Å². The highest BCUT2D eigenvalue weighted by molar-refractivity contribution is 7.89. The third kappa shape index (κ3) is 6.68. The van der Waals surface area contributed by atoms with Gasteiger partial charge in [0, 0.05) is 38.3 Å². The first-order chi connectivity index (χ1) is 12.4. The van der Waals surface area contributed by atoms with E-state index in [0.29, 0.717) is 24.6 Å². The van der Waals surface area contributed by atoms with Crippen molar-refractivity contribution in [1.29, 1.82) is 0 Å². The van der Waals surface area contributed by atoms with Gasteiger partial charge in [-0.2, -0.15) is 0 Å². The molecule has 8 heteroatoms. The second kappa shape index (κ2) is 10.0. The number of rotatable bonds is 9. The first-order valence-electron chi connectivity index (χ1n) is 9.06. The number of ether oxygens (including phenoxy) is 1. The Bertz CT molecular complexity index is 685. The van der Waals surface area contributed by atoms with Crippen molar-refractivity contribution in [3.63, 3.8) is 0 Å². The van der Waals surface area contributed by atoms with Crippen LogP contribution in [-0.4, -0.2) is 65.2 Å². The molecule has 0 saturated carbocycles. The minimum atomic E-state index is -3.60. The van der Waals surface area contributed by atoms with E-state index in [1.54, 1.807) is 12.1 Å². The minimum Gasteiger partial charge on any atom is -0.379 e. The summed E-state index contributed by atoms with van der Waals surface area (Å²) in [6.07, 6.45) is 0.765. The van der Waals surface area contributed by atoms with Crippen LogP contribution in [-0.2, 0) is 14.8 Å². The van der Waals surface area contributed by atoms with Crippen LogP contribution < -0.4 is 10.0 Å². The maximum Gasteiger partial charge on any atom is 0.251 e. The van der Waals surface area contributed by atoms with Gasteiger partial charge in [0.25, 0.3) is 5.91 Å². The fourth-order valence-corrected chi connectivity index (χ4v) is 3.72. The summed E-state index contributed by atoms with van der Waals surface area (Å²) in [5.41, 5.74) is 0.346. The molecule has 1 aromatic rings. The topological polar surface area (TPSA) is 87.7 Å². The van der Waals surface area contributed by atoms with Gasteiger partial charge in [0.1, 0.15) is 0 Å². The summed E-state index contributed by atoms with van der Waals surface area (Å²) in [5, 5.41) is 2.85. The number of amides is 1. The fourth-order valence-electron chi connectivity index (χ4n) is 2.62. The molecule has 0 unspecified atom stereocenters. The molecule has 1 aliphatic rings. The number of morpholine rings is 1. The quantitative estimate of drug-likeness (QED) is 0.666. The molecule has 7 nitrogen and oxygen atoms in total. The number of nitrogens with zero attached hydrogens (tertiary/aromatic N) is 1. The molecule has 2 rings (SSSR count). The van der Waals surface area contributed by atoms with Gasteiger partial charge in [0.15, 0.2) is 0 Å². The number of carbonyl (C=O) groups excluding carboxylic acids is 1. The molecule has 0 atom stereocenters. The highest BCUT2D eigenvalue weighted by atomic mass is 32.2. The standard InChI is InChI=1S/C18H29N3O4S/c1-15(2)6-7-20-26(23,24)17-5-3-4-16(14-17)18(22)19-8-9-21-10-12-25-13-11-21/h3-5,14-15,20H,6-13H2,1-2H3,(H,19,22). The van der Waals surface area contributed by atoms with Crippen LogP contribution in [0, 0.1) is 5.92 Å². The van der Waals surface area contributed by atoms with Crippen LogP contribution in [0.2, 0.25) is 0 Å². The fraction of sp³-hybridized carbons (Fsp3) is 0.611. The van der Waals surface area contributed by atoms with Gasteiger partial charge in [-0.05, 0) is 30.5 Å². The Labute approximate surface area is 156 Å². The molecule has 1 saturated heterocycles. The zero-order chi connectivity index (χ0) is 19.0. The van der Waals surface area contributed by atoms with Gasteiger partial charge in [-0.25, -0.2) is 13.1 Å². The van der Waals surface area contributed by atoms with E-state index >= 15 is 0 Å². The molecule has 0 radical (unpaired) electrons. The lowest BCUT2D eigenvalue weighted by molar-refractivity contribution is 0.0383. The summed E-state index contributed by atoms with van der Waals surface area (Å²) in [6.45, 7) is 8.90. The van der Waals surface area contributed by atoms with Crippen molar-refractivity contribution in [3.8, 4) is 0 Å². The van der Waals surface area contributed by atoms with Crippen molar-refractivity contribution in [2.45, 2.75) is 25.2 Å². The first kappa shape index (κ1) is 20.8. The third-order valence-electron chi connectivity index (χ3n) is 4.24. The molecular weight excluding hydrogens is 354 g/mol. The number of carbonyl (C=O) groups is 1. The molecule has 1 heterocycles. The zero-order valence-electron chi connectivity index (χ0n) is 15.5. The van der Waals surface area contributed by atoms with Crippen LogP contribution in [0.1, 0.15) is 30.6 Å². The number of benzene rings is 1. The lowest BCUT2D eigenvalue weighted by Crippen LogP contribution is -2.41. The maximum atomic E-state index is 12.3. The van der Waals surface area contributed by atoms with Crippen molar-refractivity contribution < 1.29 is 17.9 Å². The minimum absolute atomic E-state index is 0.113. The van der Waals surface area contributed by atoms with Gasteiger partial charge in [0.05, 0.1) is 18.1 Å². The van der Waals surface area contributed by atoms with Crippen molar-refractivity contribution in [3.05, 3.63) is 29.8 Å². The van der Waals surface area contributed by atoms with Crippen LogP contribution in [0.15, 0.2) is 29.2 Å². The zero-order valence-corrected chi connectivity index (χ0v) is 16.3. The van der Waals surface area contributed by atoms with Crippen LogP contribution in [0.5, 0.6) is 0 Å². The van der Waals surface area contributed by atoms with Gasteiger partial charge in [0.2, 0.25) is 10.0 Å². The molecule has 146 valence electrons. The Morgan fingerprint density at radius 3 is 2.65 bits per heavy atom. The molecule has 2 N–H and O–H groups in total. The molecule has 0 spiro atoms. The van der Waals surface area contributed by atoms with Gasteiger partial charge < -0.3 is 10.1 Å². The highest BCUT2D eigenvalue weighted by Gasteiger charge is 2.16. The molecule has 1 aliphatic heterocycles. The molecule has 1 aromatic carbocycles. The number of nitrogens with one attached hydrogen (secondary N) is 2. The molecule has 26 heavy (non-hydrogen) atoms. The lowest BCUT2D eigenvalue weighted by Gasteiger charge is -2.26. The summed E-state index contributed by atoms with van der Waals surface area (Å²) in [5.74, 6) is 0.152. The van der Waals surface area contributed by atoms with Crippen molar-refractivity contribution in [2.24, 2.45) is 5.92 Å². The second-order valence-corrected chi connectivity index (χ2v) is 8.58. The largest absolute Gasteiger partial charge is 0.379 e. The summed E-state index contributed by atoms with van der Waals surface area (Å²) < 4.78 is 32.6. The Morgan fingerprint density at radius 1 is 1.23 bits per heavy atom. The first-order valence-corrected chi connectivity index (χ1v) is 10.5.